The monoisotopic (exact) mass is 198 g/mol. The highest BCUT2D eigenvalue weighted by Crippen LogP contribution is 2.28. The number of hydrogen-bond donors (Lipinski definition) is 1. The Labute approximate surface area is 82.3 Å². The standard InChI is InChI=1S/C9H14N2O3/c1-5(2)6-7(9(12)13)11(3)10-8(6)14-4/h5H,1-4H3,(H,12,13). The lowest BCUT2D eigenvalue weighted by molar-refractivity contribution is 0.0683. The van der Waals surface area contributed by atoms with E-state index in [2.05, 4.69) is 5.10 Å². The van der Waals surface area contributed by atoms with Crippen LogP contribution in [0.25, 0.3) is 0 Å². The Balaban J connectivity index is 3.38. The van der Waals surface area contributed by atoms with E-state index in [1.54, 1.807) is 7.05 Å². The van der Waals surface area contributed by atoms with Gasteiger partial charge in [-0.25, -0.2) is 4.79 Å². The topological polar surface area (TPSA) is 64.4 Å². The number of carbonyl (C=O) groups is 1. The average molecular weight is 198 g/mol. The van der Waals surface area contributed by atoms with Crippen LogP contribution >= 0.6 is 0 Å². The van der Waals surface area contributed by atoms with Crippen molar-refractivity contribution >= 4 is 5.97 Å². The number of ether oxygens (including phenoxy) is 1. The Morgan fingerprint density at radius 2 is 2.14 bits per heavy atom. The molecule has 0 aliphatic carbocycles. The zero-order valence-electron chi connectivity index (χ0n) is 8.74. The fourth-order valence-electron chi connectivity index (χ4n) is 1.44. The van der Waals surface area contributed by atoms with E-state index < -0.39 is 5.97 Å². The lowest BCUT2D eigenvalue weighted by Crippen LogP contribution is -2.08. The summed E-state index contributed by atoms with van der Waals surface area (Å²) >= 11 is 0. The molecule has 0 unspecified atom stereocenters. The van der Waals surface area contributed by atoms with E-state index in [4.69, 9.17) is 9.84 Å². The molecule has 1 rings (SSSR count). The van der Waals surface area contributed by atoms with Crippen molar-refractivity contribution in [2.45, 2.75) is 19.8 Å². The van der Waals surface area contributed by atoms with Crippen molar-refractivity contribution in [3.8, 4) is 5.88 Å². The third-order valence-corrected chi connectivity index (χ3v) is 2.02. The van der Waals surface area contributed by atoms with Gasteiger partial charge in [0.15, 0.2) is 5.69 Å². The first-order chi connectivity index (χ1) is 6.49. The molecule has 1 N–H and O–H groups in total. The Morgan fingerprint density at radius 3 is 2.50 bits per heavy atom. The summed E-state index contributed by atoms with van der Waals surface area (Å²) in [6.07, 6.45) is 0. The number of hydrogen-bond acceptors (Lipinski definition) is 3. The minimum Gasteiger partial charge on any atom is -0.480 e. The third-order valence-electron chi connectivity index (χ3n) is 2.02. The molecule has 1 aromatic heterocycles. The maximum Gasteiger partial charge on any atom is 0.354 e. The van der Waals surface area contributed by atoms with Gasteiger partial charge in [-0.15, -0.1) is 5.10 Å². The van der Waals surface area contributed by atoms with Gasteiger partial charge in [-0.1, -0.05) is 13.8 Å². The van der Waals surface area contributed by atoms with Gasteiger partial charge in [-0.05, 0) is 5.92 Å². The van der Waals surface area contributed by atoms with E-state index in [0.717, 1.165) is 0 Å². The molecule has 5 nitrogen and oxygen atoms in total. The maximum absolute atomic E-state index is 11.0. The predicted molar refractivity (Wildman–Crippen MR) is 50.8 cm³/mol. The molecular weight excluding hydrogens is 184 g/mol. The number of rotatable bonds is 3. The first-order valence-corrected chi connectivity index (χ1v) is 4.33. The quantitative estimate of drug-likeness (QED) is 0.793. The number of aromatic carboxylic acids is 1. The molecule has 0 aliphatic heterocycles. The van der Waals surface area contributed by atoms with Crippen molar-refractivity contribution in [2.24, 2.45) is 7.05 Å². The molecule has 0 atom stereocenters. The Bertz CT molecular complexity index is 355. The molecule has 0 saturated carbocycles. The third kappa shape index (κ3) is 1.57. The first kappa shape index (κ1) is 10.6. The maximum atomic E-state index is 11.0. The predicted octanol–water partition coefficient (Wildman–Crippen LogP) is 1.25. The van der Waals surface area contributed by atoms with Gasteiger partial charge >= 0.3 is 5.97 Å². The molecule has 1 aromatic rings. The van der Waals surface area contributed by atoms with Gasteiger partial charge in [0.1, 0.15) is 0 Å². The normalized spacial score (nSPS) is 10.6. The minimum atomic E-state index is -0.980. The van der Waals surface area contributed by atoms with E-state index in [-0.39, 0.29) is 11.6 Å². The van der Waals surface area contributed by atoms with Crippen molar-refractivity contribution < 1.29 is 14.6 Å². The second kappa shape index (κ2) is 3.69. The SMILES string of the molecule is COc1nn(C)c(C(=O)O)c1C(C)C. The van der Waals surface area contributed by atoms with E-state index in [0.29, 0.717) is 11.4 Å². The average Bonchev–Trinajstić information content (AvgIpc) is 2.41. The highest BCUT2D eigenvalue weighted by Gasteiger charge is 2.24. The molecule has 0 radical (unpaired) electrons. The van der Waals surface area contributed by atoms with Crippen molar-refractivity contribution in [3.05, 3.63) is 11.3 Å². The molecule has 14 heavy (non-hydrogen) atoms. The number of nitrogens with zero attached hydrogens (tertiary/aromatic N) is 2. The first-order valence-electron chi connectivity index (χ1n) is 4.33. The lowest BCUT2D eigenvalue weighted by Gasteiger charge is -2.05. The molecule has 0 fully saturated rings. The van der Waals surface area contributed by atoms with Gasteiger partial charge in [-0.2, -0.15) is 0 Å². The van der Waals surface area contributed by atoms with Crippen LogP contribution in [-0.2, 0) is 7.05 Å². The van der Waals surface area contributed by atoms with Gasteiger partial charge in [-0.3, -0.25) is 4.68 Å². The summed E-state index contributed by atoms with van der Waals surface area (Å²) in [7, 11) is 3.08. The van der Waals surface area contributed by atoms with Crippen LogP contribution in [0.1, 0.15) is 35.8 Å². The lowest BCUT2D eigenvalue weighted by atomic mass is 10.0. The molecule has 0 aliphatic rings. The van der Waals surface area contributed by atoms with Crippen LogP contribution in [0.5, 0.6) is 5.88 Å². The van der Waals surface area contributed by atoms with E-state index in [1.165, 1.54) is 11.8 Å². The Morgan fingerprint density at radius 1 is 1.57 bits per heavy atom. The van der Waals surface area contributed by atoms with E-state index in [1.807, 2.05) is 13.8 Å². The number of aromatic nitrogens is 2. The summed E-state index contributed by atoms with van der Waals surface area (Å²) in [6.45, 7) is 3.82. The van der Waals surface area contributed by atoms with Gasteiger partial charge in [0.05, 0.1) is 12.7 Å². The summed E-state index contributed by atoms with van der Waals surface area (Å²) in [6, 6.07) is 0. The van der Waals surface area contributed by atoms with Crippen LogP contribution in [0.15, 0.2) is 0 Å². The highest BCUT2D eigenvalue weighted by atomic mass is 16.5. The summed E-state index contributed by atoms with van der Waals surface area (Å²) < 4.78 is 6.35. The smallest absolute Gasteiger partial charge is 0.354 e. The van der Waals surface area contributed by atoms with E-state index >= 15 is 0 Å². The van der Waals surface area contributed by atoms with Crippen LogP contribution in [0.4, 0.5) is 0 Å². The van der Waals surface area contributed by atoms with Gasteiger partial charge < -0.3 is 9.84 Å². The van der Waals surface area contributed by atoms with Crippen LogP contribution < -0.4 is 4.74 Å². The Kier molecular flexibility index (Phi) is 2.78. The Hall–Kier alpha value is -1.52. The molecule has 1 heterocycles. The largest absolute Gasteiger partial charge is 0.480 e. The molecule has 78 valence electrons. The van der Waals surface area contributed by atoms with E-state index in [9.17, 15) is 4.79 Å². The van der Waals surface area contributed by atoms with Gasteiger partial charge in [0.2, 0.25) is 5.88 Å². The van der Waals surface area contributed by atoms with Crippen LogP contribution in [0, 0.1) is 0 Å². The van der Waals surface area contributed by atoms with Crippen LogP contribution in [-0.4, -0.2) is 28.0 Å². The molecule has 5 heteroatoms. The second-order valence-electron chi connectivity index (χ2n) is 3.36. The molecule has 0 saturated heterocycles. The molecule has 0 amide bonds. The van der Waals surface area contributed by atoms with Crippen molar-refractivity contribution in [1.29, 1.82) is 0 Å². The van der Waals surface area contributed by atoms with Crippen molar-refractivity contribution in [1.82, 2.24) is 9.78 Å². The highest BCUT2D eigenvalue weighted by molar-refractivity contribution is 5.88. The number of aryl methyl sites for hydroxylation is 1. The zero-order valence-corrected chi connectivity index (χ0v) is 8.74. The minimum absolute atomic E-state index is 0.0738. The number of carboxylic acid groups (broad SMARTS) is 1. The van der Waals surface area contributed by atoms with Crippen LogP contribution in [0.2, 0.25) is 0 Å². The summed E-state index contributed by atoms with van der Waals surface area (Å²) in [5.74, 6) is -0.517. The molecule has 0 spiro atoms. The van der Waals surface area contributed by atoms with Crippen molar-refractivity contribution in [2.75, 3.05) is 7.11 Å². The molecule has 0 bridgehead atoms. The molecule has 0 aromatic carbocycles. The second-order valence-corrected chi connectivity index (χ2v) is 3.36. The number of carboxylic acids is 1. The summed E-state index contributed by atoms with van der Waals surface area (Å²) in [5, 5.41) is 13.0. The number of methoxy groups -OCH3 is 1. The van der Waals surface area contributed by atoms with Gasteiger partial charge in [0.25, 0.3) is 0 Å². The van der Waals surface area contributed by atoms with Crippen molar-refractivity contribution in [3.63, 3.8) is 0 Å². The summed E-state index contributed by atoms with van der Waals surface area (Å²) in [4.78, 5) is 11.0. The fraction of sp³-hybridized carbons (Fsp3) is 0.556. The molecular formula is C9H14N2O3. The van der Waals surface area contributed by atoms with Gasteiger partial charge in [0, 0.05) is 7.05 Å². The fourth-order valence-corrected chi connectivity index (χ4v) is 1.44. The zero-order chi connectivity index (χ0) is 10.9. The summed E-state index contributed by atoms with van der Waals surface area (Å²) in [5.41, 5.74) is 0.833. The van der Waals surface area contributed by atoms with Crippen LogP contribution in [0.3, 0.4) is 0 Å².